The van der Waals surface area contributed by atoms with Crippen molar-refractivity contribution in [1.29, 1.82) is 0 Å². The molecule has 0 aliphatic carbocycles. The molecular weight excluding hydrogens is 496 g/mol. The second-order valence-electron chi connectivity index (χ2n) is 8.12. The maximum Gasteiger partial charge on any atom is 0.500 e. The highest BCUT2D eigenvalue weighted by molar-refractivity contribution is 7.99. The number of aliphatic hydroxyl groups excluding tert-OH is 1. The first-order valence-corrected chi connectivity index (χ1v) is 14.3. The van der Waals surface area contributed by atoms with Crippen LogP contribution in [0.2, 0.25) is 6.04 Å². The number of carbonyl (C=O) groups excluding carboxylic acids is 2. The molecular formula is C23H38O10SSi. The lowest BCUT2D eigenvalue weighted by atomic mass is 9.97. The fourth-order valence-corrected chi connectivity index (χ4v) is 5.33. The van der Waals surface area contributed by atoms with Crippen molar-refractivity contribution in [3.63, 3.8) is 0 Å². The molecule has 1 aromatic carbocycles. The summed E-state index contributed by atoms with van der Waals surface area (Å²) >= 11 is 1.26. The number of ether oxygens (including phenoxy) is 3. The number of thioether (sulfide) groups is 1. The molecule has 0 spiro atoms. The lowest BCUT2D eigenvalue weighted by Gasteiger charge is -2.24. The third kappa shape index (κ3) is 12.3. The van der Waals surface area contributed by atoms with Crippen molar-refractivity contribution in [1.82, 2.24) is 0 Å². The Bertz CT molecular complexity index is 741. The molecule has 0 radical (unpaired) electrons. The average Bonchev–Trinajstić information content (AvgIpc) is 2.84. The van der Waals surface area contributed by atoms with Crippen LogP contribution in [0.25, 0.3) is 0 Å². The van der Waals surface area contributed by atoms with Crippen LogP contribution in [0, 0.1) is 0 Å². The number of carbonyl (C=O) groups is 2. The van der Waals surface area contributed by atoms with E-state index in [0.29, 0.717) is 36.1 Å². The Morgan fingerprint density at radius 1 is 1.03 bits per heavy atom. The van der Waals surface area contributed by atoms with Gasteiger partial charge in [0.25, 0.3) is 0 Å². The molecule has 0 amide bonds. The van der Waals surface area contributed by atoms with Gasteiger partial charge in [-0.1, -0.05) is 0 Å². The van der Waals surface area contributed by atoms with Crippen LogP contribution in [0.1, 0.15) is 30.6 Å². The first-order valence-electron chi connectivity index (χ1n) is 11.2. The van der Waals surface area contributed by atoms with E-state index in [1.165, 1.54) is 25.6 Å². The molecule has 0 bridgehead atoms. The van der Waals surface area contributed by atoms with Crippen LogP contribution < -0.4 is 4.74 Å². The molecule has 2 N–H and O–H groups in total. The van der Waals surface area contributed by atoms with E-state index in [2.05, 4.69) is 0 Å². The van der Waals surface area contributed by atoms with Gasteiger partial charge >= 0.3 is 14.8 Å². The molecule has 10 nitrogen and oxygen atoms in total. The third-order valence-electron chi connectivity index (χ3n) is 4.83. The molecule has 200 valence electrons. The maximum atomic E-state index is 12.0. The summed E-state index contributed by atoms with van der Waals surface area (Å²) in [5.41, 5.74) is -1.06. The van der Waals surface area contributed by atoms with Crippen molar-refractivity contribution in [3.8, 4) is 5.75 Å². The minimum atomic E-state index is -2.60. The molecule has 0 heterocycles. The SMILES string of the molecule is CO[Si](CCCOCC(O)CSCC(=O)OCCOc1ccc(C(=O)C(C)(C)O)cc1)(OC)OC. The molecule has 12 heteroatoms. The highest BCUT2D eigenvalue weighted by Crippen LogP contribution is 2.17. The summed E-state index contributed by atoms with van der Waals surface area (Å²) in [6.07, 6.45) is -0.0179. The van der Waals surface area contributed by atoms with E-state index in [4.69, 9.17) is 27.5 Å². The summed E-state index contributed by atoms with van der Waals surface area (Å²) in [5, 5.41) is 19.8. The number of ketones is 1. The van der Waals surface area contributed by atoms with E-state index in [0.717, 1.165) is 0 Å². The van der Waals surface area contributed by atoms with Crippen LogP contribution in [0.15, 0.2) is 24.3 Å². The molecule has 0 saturated carbocycles. The summed E-state index contributed by atoms with van der Waals surface area (Å²) in [4.78, 5) is 23.8. The lowest BCUT2D eigenvalue weighted by molar-refractivity contribution is -0.141. The van der Waals surface area contributed by atoms with E-state index in [-0.39, 0.29) is 31.4 Å². The van der Waals surface area contributed by atoms with Crippen molar-refractivity contribution in [2.24, 2.45) is 0 Å². The molecule has 0 aliphatic heterocycles. The quantitative estimate of drug-likeness (QED) is 0.117. The van der Waals surface area contributed by atoms with E-state index in [9.17, 15) is 19.8 Å². The molecule has 0 fully saturated rings. The Labute approximate surface area is 212 Å². The number of hydrogen-bond donors (Lipinski definition) is 2. The molecule has 1 atom stereocenters. The summed E-state index contributed by atoms with van der Waals surface area (Å²) in [5.74, 6) is 0.183. The predicted octanol–water partition coefficient (Wildman–Crippen LogP) is 1.94. The first-order chi connectivity index (χ1) is 16.6. The van der Waals surface area contributed by atoms with Gasteiger partial charge in [-0.25, -0.2) is 0 Å². The monoisotopic (exact) mass is 534 g/mol. The first kappa shape index (κ1) is 31.5. The zero-order chi connectivity index (χ0) is 26.3. The molecule has 1 unspecified atom stereocenters. The van der Waals surface area contributed by atoms with Gasteiger partial charge in [0, 0.05) is 45.3 Å². The summed E-state index contributed by atoms with van der Waals surface area (Å²) in [7, 11) is 2.07. The second-order valence-corrected chi connectivity index (χ2v) is 12.2. The van der Waals surface area contributed by atoms with Gasteiger partial charge in [-0.3, -0.25) is 9.59 Å². The zero-order valence-electron chi connectivity index (χ0n) is 21.1. The Balaban J connectivity index is 2.12. The van der Waals surface area contributed by atoms with Gasteiger partial charge in [0.05, 0.1) is 18.5 Å². The van der Waals surface area contributed by atoms with Gasteiger partial charge in [-0.15, -0.1) is 11.8 Å². The van der Waals surface area contributed by atoms with Crippen molar-refractivity contribution >= 4 is 32.3 Å². The van der Waals surface area contributed by atoms with Crippen LogP contribution in [-0.2, 0) is 27.5 Å². The Morgan fingerprint density at radius 2 is 1.66 bits per heavy atom. The molecule has 1 aromatic rings. The highest BCUT2D eigenvalue weighted by atomic mass is 32.2. The zero-order valence-corrected chi connectivity index (χ0v) is 22.9. The van der Waals surface area contributed by atoms with Crippen molar-refractivity contribution in [3.05, 3.63) is 29.8 Å². The molecule has 0 aromatic heterocycles. The topological polar surface area (TPSA) is 130 Å². The van der Waals surface area contributed by atoms with Crippen LogP contribution in [0.4, 0.5) is 0 Å². The Morgan fingerprint density at radius 3 is 2.23 bits per heavy atom. The molecule has 0 saturated heterocycles. The normalized spacial score (nSPS) is 12.9. The van der Waals surface area contributed by atoms with Gasteiger partial charge in [0.1, 0.15) is 24.6 Å². The lowest BCUT2D eigenvalue weighted by Crippen LogP contribution is -2.42. The van der Waals surface area contributed by atoms with Gasteiger partial charge in [0.2, 0.25) is 0 Å². The molecule has 35 heavy (non-hydrogen) atoms. The number of aliphatic hydroxyl groups is 2. The second kappa shape index (κ2) is 16.3. The number of esters is 1. The van der Waals surface area contributed by atoms with E-state index < -0.39 is 26.5 Å². The standard InChI is InChI=1S/C23H38O10SSi/c1-23(2,27)22(26)18-7-9-20(10-8-18)32-12-13-33-21(25)17-34-16-19(24)15-31-11-6-14-35(28-3,29-4)30-5/h7-10,19,24,27H,6,11-17H2,1-5H3. The average molecular weight is 535 g/mol. The number of rotatable bonds is 19. The van der Waals surface area contributed by atoms with Gasteiger partial charge in [0.15, 0.2) is 5.78 Å². The van der Waals surface area contributed by atoms with Crippen molar-refractivity contribution < 1.29 is 47.3 Å². The minimum absolute atomic E-state index is 0.0740. The summed E-state index contributed by atoms with van der Waals surface area (Å²) in [6, 6.07) is 6.99. The van der Waals surface area contributed by atoms with Crippen LogP contribution in [0.3, 0.4) is 0 Å². The fourth-order valence-electron chi connectivity index (χ4n) is 2.91. The third-order valence-corrected chi connectivity index (χ3v) is 8.72. The minimum Gasteiger partial charge on any atom is -0.490 e. The summed E-state index contributed by atoms with van der Waals surface area (Å²) < 4.78 is 32.1. The molecule has 0 aliphatic rings. The predicted molar refractivity (Wildman–Crippen MR) is 134 cm³/mol. The fraction of sp³-hybridized carbons (Fsp3) is 0.652. The van der Waals surface area contributed by atoms with Crippen LogP contribution in [0.5, 0.6) is 5.75 Å². The van der Waals surface area contributed by atoms with Gasteiger partial charge in [-0.05, 0) is 44.5 Å². The highest BCUT2D eigenvalue weighted by Gasteiger charge is 2.36. The van der Waals surface area contributed by atoms with E-state index >= 15 is 0 Å². The Kier molecular flexibility index (Phi) is 14.7. The molecule has 1 rings (SSSR count). The smallest absolute Gasteiger partial charge is 0.490 e. The largest absolute Gasteiger partial charge is 0.500 e. The summed E-state index contributed by atoms with van der Waals surface area (Å²) in [6.45, 7) is 3.70. The van der Waals surface area contributed by atoms with E-state index in [1.807, 2.05) is 0 Å². The number of hydrogen-bond acceptors (Lipinski definition) is 11. The number of benzene rings is 1. The van der Waals surface area contributed by atoms with Crippen LogP contribution in [-0.4, -0.2) is 102 Å². The Hall–Kier alpha value is -1.51. The van der Waals surface area contributed by atoms with E-state index in [1.54, 1.807) is 45.6 Å². The van der Waals surface area contributed by atoms with Crippen molar-refractivity contribution in [2.45, 2.75) is 38.0 Å². The van der Waals surface area contributed by atoms with Gasteiger partial charge < -0.3 is 37.7 Å². The number of Topliss-reactive ketones (excluding diaryl/α,β-unsaturated/α-hetero) is 1. The maximum absolute atomic E-state index is 12.0. The van der Waals surface area contributed by atoms with Crippen molar-refractivity contribution in [2.75, 3.05) is 59.3 Å². The van der Waals surface area contributed by atoms with Crippen LogP contribution >= 0.6 is 11.8 Å². The van der Waals surface area contributed by atoms with Gasteiger partial charge in [-0.2, -0.15) is 0 Å².